The summed E-state index contributed by atoms with van der Waals surface area (Å²) in [6.07, 6.45) is 6.35. The normalized spacial score (nSPS) is 24.8. The molecule has 0 radical (unpaired) electrons. The number of nitrogen functional groups attached to an aromatic ring is 1. The highest BCUT2D eigenvalue weighted by molar-refractivity contribution is 7.13. The van der Waals surface area contributed by atoms with E-state index >= 15 is 0 Å². The minimum Gasteiger partial charge on any atom is -0.375 e. The summed E-state index contributed by atoms with van der Waals surface area (Å²) >= 11 is 1.41. The molecule has 0 aromatic carbocycles. The molecule has 1 aromatic rings. The first-order chi connectivity index (χ1) is 8.20. The number of anilines is 1. The smallest absolute Gasteiger partial charge is 0.180 e. The van der Waals surface area contributed by atoms with Crippen molar-refractivity contribution in [1.82, 2.24) is 4.98 Å². The van der Waals surface area contributed by atoms with E-state index in [4.69, 9.17) is 5.73 Å². The molecule has 2 N–H and O–H groups in total. The number of carbonyl (C=O) groups excluding carboxylic acids is 1. The molecule has 0 bridgehead atoms. The van der Waals surface area contributed by atoms with Crippen LogP contribution in [0.3, 0.4) is 0 Å². The molecular formula is C13H20N2OS. The minimum absolute atomic E-state index is 0.261. The Morgan fingerprint density at radius 3 is 2.94 bits per heavy atom. The van der Waals surface area contributed by atoms with Gasteiger partial charge in [-0.1, -0.05) is 26.2 Å². The van der Waals surface area contributed by atoms with Crippen molar-refractivity contribution in [3.05, 3.63) is 11.1 Å². The van der Waals surface area contributed by atoms with Crippen molar-refractivity contribution in [2.45, 2.75) is 45.4 Å². The van der Waals surface area contributed by atoms with E-state index in [1.54, 1.807) is 0 Å². The lowest BCUT2D eigenvalue weighted by atomic mass is 9.75. The van der Waals surface area contributed by atoms with Gasteiger partial charge >= 0.3 is 0 Å². The Balaban J connectivity index is 1.98. The second-order valence-corrected chi connectivity index (χ2v) is 5.77. The van der Waals surface area contributed by atoms with E-state index < -0.39 is 0 Å². The zero-order valence-corrected chi connectivity index (χ0v) is 11.1. The van der Waals surface area contributed by atoms with E-state index in [-0.39, 0.29) is 5.92 Å². The molecule has 1 saturated carbocycles. The topological polar surface area (TPSA) is 56.0 Å². The Labute approximate surface area is 106 Å². The quantitative estimate of drug-likeness (QED) is 0.896. The first kappa shape index (κ1) is 12.6. The Morgan fingerprint density at radius 2 is 2.29 bits per heavy atom. The van der Waals surface area contributed by atoms with Crippen LogP contribution < -0.4 is 5.73 Å². The molecule has 1 fully saturated rings. The lowest BCUT2D eigenvalue weighted by Crippen LogP contribution is -2.28. The maximum Gasteiger partial charge on any atom is 0.180 e. The fraction of sp³-hybridized carbons (Fsp3) is 0.692. The van der Waals surface area contributed by atoms with Crippen LogP contribution >= 0.6 is 11.3 Å². The summed E-state index contributed by atoms with van der Waals surface area (Å²) in [7, 11) is 0. The van der Waals surface area contributed by atoms with Gasteiger partial charge < -0.3 is 5.73 Å². The molecule has 94 valence electrons. The molecule has 1 aliphatic carbocycles. The number of nitrogens with zero attached hydrogens (tertiary/aromatic N) is 1. The maximum absolute atomic E-state index is 12.3. The van der Waals surface area contributed by atoms with Crippen molar-refractivity contribution in [2.24, 2.45) is 11.8 Å². The molecular weight excluding hydrogens is 232 g/mol. The van der Waals surface area contributed by atoms with E-state index in [1.165, 1.54) is 30.6 Å². The van der Waals surface area contributed by atoms with Gasteiger partial charge in [-0.05, 0) is 18.8 Å². The second-order valence-electron chi connectivity index (χ2n) is 4.88. The lowest BCUT2D eigenvalue weighted by molar-refractivity contribution is -0.125. The van der Waals surface area contributed by atoms with Crippen LogP contribution in [0.15, 0.2) is 5.38 Å². The van der Waals surface area contributed by atoms with Gasteiger partial charge in [0.05, 0.1) is 5.69 Å². The summed E-state index contributed by atoms with van der Waals surface area (Å²) in [4.78, 5) is 16.4. The molecule has 0 amide bonds. The predicted molar refractivity (Wildman–Crippen MR) is 71.0 cm³/mol. The first-order valence-corrected chi connectivity index (χ1v) is 7.31. The number of hydrogen-bond donors (Lipinski definition) is 1. The largest absolute Gasteiger partial charge is 0.375 e. The number of rotatable bonds is 4. The molecule has 0 aliphatic heterocycles. The number of ketones is 1. The van der Waals surface area contributed by atoms with Gasteiger partial charge in [0.15, 0.2) is 5.13 Å². The highest BCUT2D eigenvalue weighted by atomic mass is 32.1. The fourth-order valence-electron chi connectivity index (χ4n) is 2.83. The SMILES string of the molecule is CCC1CCCCC1C(=O)Cc1csc(N)n1. The van der Waals surface area contributed by atoms with Crippen LogP contribution in [-0.2, 0) is 11.2 Å². The van der Waals surface area contributed by atoms with Crippen LogP contribution in [0.2, 0.25) is 0 Å². The third-order valence-corrected chi connectivity index (χ3v) is 4.49. The molecule has 2 unspecified atom stereocenters. The second kappa shape index (κ2) is 5.63. The van der Waals surface area contributed by atoms with Crippen LogP contribution in [0.4, 0.5) is 5.13 Å². The van der Waals surface area contributed by atoms with Crippen molar-refractivity contribution in [2.75, 3.05) is 5.73 Å². The van der Waals surface area contributed by atoms with Gasteiger partial charge in [-0.25, -0.2) is 4.98 Å². The van der Waals surface area contributed by atoms with Crippen molar-refractivity contribution >= 4 is 22.3 Å². The molecule has 0 saturated heterocycles. The van der Waals surface area contributed by atoms with Crippen LogP contribution in [0.1, 0.15) is 44.7 Å². The number of hydrogen-bond acceptors (Lipinski definition) is 4. The molecule has 1 aliphatic rings. The summed E-state index contributed by atoms with van der Waals surface area (Å²) in [6, 6.07) is 0. The molecule has 2 rings (SSSR count). The third kappa shape index (κ3) is 3.06. The Bertz CT molecular complexity index is 389. The van der Waals surface area contributed by atoms with Crippen LogP contribution in [0.5, 0.6) is 0 Å². The summed E-state index contributed by atoms with van der Waals surface area (Å²) in [5.41, 5.74) is 6.43. The number of Topliss-reactive ketones (excluding diaryl/α,β-unsaturated/α-hetero) is 1. The molecule has 4 heteroatoms. The lowest BCUT2D eigenvalue weighted by Gasteiger charge is -2.29. The molecule has 1 aromatic heterocycles. The Hall–Kier alpha value is -0.900. The number of nitrogens with two attached hydrogens (primary N) is 1. The summed E-state index contributed by atoms with van der Waals surface area (Å²) in [5.74, 6) is 1.21. The van der Waals surface area contributed by atoms with E-state index in [0.29, 0.717) is 23.3 Å². The highest BCUT2D eigenvalue weighted by Gasteiger charge is 2.29. The molecule has 0 spiro atoms. The minimum atomic E-state index is 0.261. The molecule has 1 heterocycles. The van der Waals surface area contributed by atoms with Gasteiger partial charge in [0.1, 0.15) is 5.78 Å². The van der Waals surface area contributed by atoms with Crippen LogP contribution in [0, 0.1) is 11.8 Å². The number of carbonyl (C=O) groups is 1. The monoisotopic (exact) mass is 252 g/mol. The van der Waals surface area contributed by atoms with Crippen molar-refractivity contribution in [1.29, 1.82) is 0 Å². The maximum atomic E-state index is 12.3. The van der Waals surface area contributed by atoms with Crippen molar-refractivity contribution in [3.63, 3.8) is 0 Å². The Morgan fingerprint density at radius 1 is 1.53 bits per heavy atom. The first-order valence-electron chi connectivity index (χ1n) is 6.43. The van der Waals surface area contributed by atoms with Crippen LogP contribution in [0.25, 0.3) is 0 Å². The van der Waals surface area contributed by atoms with Gasteiger partial charge in [-0.15, -0.1) is 11.3 Å². The standard InChI is InChI=1S/C13H20N2OS/c1-2-9-5-3-4-6-11(9)12(16)7-10-8-17-13(14)15-10/h8-9,11H,2-7H2,1H3,(H2,14,15). The number of aromatic nitrogens is 1. The van der Waals surface area contributed by atoms with Crippen LogP contribution in [-0.4, -0.2) is 10.8 Å². The zero-order chi connectivity index (χ0) is 12.3. The van der Waals surface area contributed by atoms with Gasteiger partial charge in [-0.2, -0.15) is 0 Å². The Kier molecular flexibility index (Phi) is 4.15. The van der Waals surface area contributed by atoms with E-state index in [1.807, 2.05) is 5.38 Å². The zero-order valence-electron chi connectivity index (χ0n) is 10.3. The van der Waals surface area contributed by atoms with E-state index in [9.17, 15) is 4.79 Å². The van der Waals surface area contributed by atoms with Crippen molar-refractivity contribution in [3.8, 4) is 0 Å². The summed E-state index contributed by atoms with van der Waals surface area (Å²) in [6.45, 7) is 2.19. The third-order valence-electron chi connectivity index (χ3n) is 3.77. The fourth-order valence-corrected chi connectivity index (χ4v) is 3.40. The average Bonchev–Trinajstić information content (AvgIpc) is 2.74. The van der Waals surface area contributed by atoms with E-state index in [0.717, 1.165) is 18.5 Å². The number of thiazole rings is 1. The summed E-state index contributed by atoms with van der Waals surface area (Å²) < 4.78 is 0. The molecule has 3 nitrogen and oxygen atoms in total. The van der Waals surface area contributed by atoms with Gasteiger partial charge in [-0.3, -0.25) is 4.79 Å². The average molecular weight is 252 g/mol. The van der Waals surface area contributed by atoms with Gasteiger partial charge in [0.2, 0.25) is 0 Å². The van der Waals surface area contributed by atoms with Gasteiger partial charge in [0.25, 0.3) is 0 Å². The molecule has 17 heavy (non-hydrogen) atoms. The molecule has 2 atom stereocenters. The van der Waals surface area contributed by atoms with Crippen molar-refractivity contribution < 1.29 is 4.79 Å². The summed E-state index contributed by atoms with van der Waals surface area (Å²) in [5, 5.41) is 2.46. The predicted octanol–water partition coefficient (Wildman–Crippen LogP) is 3.05. The van der Waals surface area contributed by atoms with E-state index in [2.05, 4.69) is 11.9 Å². The van der Waals surface area contributed by atoms with Gasteiger partial charge in [0, 0.05) is 17.7 Å². The highest BCUT2D eigenvalue weighted by Crippen LogP contribution is 2.33.